The van der Waals surface area contributed by atoms with Gasteiger partial charge in [0, 0.05) is 11.8 Å². The summed E-state index contributed by atoms with van der Waals surface area (Å²) in [4.78, 5) is 33.7. The first kappa shape index (κ1) is 20.3. The van der Waals surface area contributed by atoms with E-state index in [9.17, 15) is 24.8 Å². The number of carboxylic acid groups (broad SMARTS) is 1. The van der Waals surface area contributed by atoms with Gasteiger partial charge in [0.1, 0.15) is 11.1 Å². The van der Waals surface area contributed by atoms with E-state index in [4.69, 9.17) is 11.6 Å². The number of carbonyl (C=O) groups excluding carboxylic acids is 1. The van der Waals surface area contributed by atoms with Crippen LogP contribution in [-0.4, -0.2) is 34.5 Å². The van der Waals surface area contributed by atoms with Crippen LogP contribution in [0.4, 0.5) is 11.4 Å². The van der Waals surface area contributed by atoms with Gasteiger partial charge in [-0.3, -0.25) is 19.7 Å². The predicted molar refractivity (Wildman–Crippen MR) is 101 cm³/mol. The van der Waals surface area contributed by atoms with Gasteiger partial charge in [-0.2, -0.15) is 0 Å². The van der Waals surface area contributed by atoms with Gasteiger partial charge in [0.25, 0.3) is 5.69 Å². The first-order valence-electron chi connectivity index (χ1n) is 8.10. The lowest BCUT2D eigenvalue weighted by Gasteiger charge is -2.14. The van der Waals surface area contributed by atoms with Crippen LogP contribution in [0.15, 0.2) is 48.5 Å². The number of carbonyl (C=O) groups is 2. The summed E-state index contributed by atoms with van der Waals surface area (Å²) in [5, 5.41) is 25.4. The maximum Gasteiger partial charge on any atom is 0.321 e. The maximum absolute atomic E-state index is 12.1. The third-order valence-electron chi connectivity index (χ3n) is 3.76. The molecule has 0 aliphatic rings. The number of carboxylic acids is 1. The van der Waals surface area contributed by atoms with E-state index in [1.54, 1.807) is 0 Å². The van der Waals surface area contributed by atoms with E-state index < -0.39 is 22.8 Å². The molecule has 0 aliphatic carbocycles. The van der Waals surface area contributed by atoms with Gasteiger partial charge in [-0.1, -0.05) is 41.9 Å². The molecular weight excluding hydrogens is 374 g/mol. The summed E-state index contributed by atoms with van der Waals surface area (Å²) >= 11 is 5.72. The summed E-state index contributed by atoms with van der Waals surface area (Å²) in [7, 11) is 0. The fourth-order valence-corrected chi connectivity index (χ4v) is 2.60. The van der Waals surface area contributed by atoms with Gasteiger partial charge in [-0.25, -0.2) is 0 Å². The highest BCUT2D eigenvalue weighted by atomic mass is 35.5. The molecule has 0 radical (unpaired) electrons. The van der Waals surface area contributed by atoms with Crippen LogP contribution in [0.3, 0.4) is 0 Å². The lowest BCUT2D eigenvalue weighted by atomic mass is 10.1. The Morgan fingerprint density at radius 3 is 2.52 bits per heavy atom. The standard InChI is InChI=1S/C18H18ClN3O5/c19-14-7-6-13(10-16(14)22(26)27)21-17(23)11-15(18(24)25)20-9-8-12-4-2-1-3-5-12/h1-7,10,15,20H,8-9,11H2,(H,21,23)(H,24,25). The zero-order valence-corrected chi connectivity index (χ0v) is 15.0. The Morgan fingerprint density at radius 1 is 1.19 bits per heavy atom. The van der Waals surface area contributed by atoms with Crippen molar-refractivity contribution in [1.29, 1.82) is 0 Å². The monoisotopic (exact) mass is 391 g/mol. The third-order valence-corrected chi connectivity index (χ3v) is 4.08. The van der Waals surface area contributed by atoms with E-state index in [0.29, 0.717) is 13.0 Å². The first-order chi connectivity index (χ1) is 12.9. The van der Waals surface area contributed by atoms with Crippen molar-refractivity contribution in [3.63, 3.8) is 0 Å². The number of aliphatic carboxylic acids is 1. The number of amides is 1. The molecule has 142 valence electrons. The number of benzene rings is 2. The summed E-state index contributed by atoms with van der Waals surface area (Å²) in [6, 6.07) is 12.3. The minimum Gasteiger partial charge on any atom is -0.480 e. The molecule has 27 heavy (non-hydrogen) atoms. The van der Waals surface area contributed by atoms with Crippen LogP contribution in [0.2, 0.25) is 5.02 Å². The number of nitrogens with one attached hydrogen (secondary N) is 2. The van der Waals surface area contributed by atoms with Crippen LogP contribution in [0.5, 0.6) is 0 Å². The maximum atomic E-state index is 12.1. The number of halogens is 1. The van der Waals surface area contributed by atoms with Crippen LogP contribution >= 0.6 is 11.6 Å². The Balaban J connectivity index is 1.91. The normalized spacial score (nSPS) is 11.6. The molecule has 3 N–H and O–H groups in total. The van der Waals surface area contributed by atoms with Gasteiger partial charge in [0.15, 0.2) is 0 Å². The number of hydrogen-bond donors (Lipinski definition) is 3. The Labute approximate surface area is 160 Å². The molecule has 2 aromatic carbocycles. The summed E-state index contributed by atoms with van der Waals surface area (Å²) in [5.41, 5.74) is 0.877. The van der Waals surface area contributed by atoms with Crippen LogP contribution in [0, 0.1) is 10.1 Å². The molecule has 0 saturated carbocycles. The molecule has 0 saturated heterocycles. The van der Waals surface area contributed by atoms with Gasteiger partial charge >= 0.3 is 5.97 Å². The molecule has 1 amide bonds. The molecule has 8 nitrogen and oxygen atoms in total. The molecule has 0 fully saturated rings. The van der Waals surface area contributed by atoms with E-state index in [1.165, 1.54) is 12.1 Å². The fourth-order valence-electron chi connectivity index (χ4n) is 2.41. The number of nitrogens with zero attached hydrogens (tertiary/aromatic N) is 1. The van der Waals surface area contributed by atoms with Crippen molar-refractivity contribution in [1.82, 2.24) is 5.32 Å². The Bertz CT molecular complexity index is 829. The Morgan fingerprint density at radius 2 is 1.89 bits per heavy atom. The van der Waals surface area contributed by atoms with Crippen LogP contribution in [0.1, 0.15) is 12.0 Å². The predicted octanol–water partition coefficient (Wildman–Crippen LogP) is 2.86. The molecule has 1 atom stereocenters. The summed E-state index contributed by atoms with van der Waals surface area (Å²) in [5.74, 6) is -1.73. The quantitative estimate of drug-likeness (QED) is 0.446. The second-order valence-electron chi connectivity index (χ2n) is 5.76. The molecular formula is C18H18ClN3O5. The molecule has 0 spiro atoms. The molecule has 0 heterocycles. The van der Waals surface area contributed by atoms with E-state index >= 15 is 0 Å². The zero-order valence-electron chi connectivity index (χ0n) is 14.2. The molecule has 1 unspecified atom stereocenters. The highest BCUT2D eigenvalue weighted by molar-refractivity contribution is 6.32. The summed E-state index contributed by atoms with van der Waals surface area (Å²) < 4.78 is 0. The van der Waals surface area contributed by atoms with Gasteiger partial charge in [0.2, 0.25) is 5.91 Å². The number of nitro groups is 1. The molecule has 2 aromatic rings. The number of anilines is 1. The fraction of sp³-hybridized carbons (Fsp3) is 0.222. The highest BCUT2D eigenvalue weighted by Crippen LogP contribution is 2.27. The minimum atomic E-state index is -1.15. The van der Waals surface area contributed by atoms with Crippen molar-refractivity contribution in [2.24, 2.45) is 0 Å². The van der Waals surface area contributed by atoms with Gasteiger partial charge < -0.3 is 15.7 Å². The number of hydrogen-bond acceptors (Lipinski definition) is 5. The number of nitro benzene ring substituents is 1. The lowest BCUT2D eigenvalue weighted by molar-refractivity contribution is -0.384. The lowest BCUT2D eigenvalue weighted by Crippen LogP contribution is -2.40. The SMILES string of the molecule is O=C(CC(NCCc1ccccc1)C(=O)O)Nc1ccc(Cl)c([N+](=O)[O-])c1. The highest BCUT2D eigenvalue weighted by Gasteiger charge is 2.21. The molecule has 0 bridgehead atoms. The van der Waals surface area contributed by atoms with Crippen LogP contribution in [0.25, 0.3) is 0 Å². The van der Waals surface area contributed by atoms with E-state index in [2.05, 4.69) is 10.6 Å². The van der Waals surface area contributed by atoms with Crippen molar-refractivity contribution in [2.75, 3.05) is 11.9 Å². The average Bonchev–Trinajstić information content (AvgIpc) is 2.63. The van der Waals surface area contributed by atoms with Crippen molar-refractivity contribution < 1.29 is 19.6 Å². The molecule has 9 heteroatoms. The van der Waals surface area contributed by atoms with Crippen LogP contribution in [-0.2, 0) is 16.0 Å². The topological polar surface area (TPSA) is 122 Å². The average molecular weight is 392 g/mol. The Kier molecular flexibility index (Phi) is 7.27. The van der Waals surface area contributed by atoms with E-state index in [1.807, 2.05) is 30.3 Å². The smallest absolute Gasteiger partial charge is 0.321 e. The number of rotatable bonds is 9. The second kappa shape index (κ2) is 9.65. The second-order valence-corrected chi connectivity index (χ2v) is 6.16. The molecule has 2 rings (SSSR count). The minimum absolute atomic E-state index is 0.0519. The summed E-state index contributed by atoms with van der Waals surface area (Å²) in [6.45, 7) is 0.390. The molecule has 0 aromatic heterocycles. The molecule has 0 aliphatic heterocycles. The van der Waals surface area contributed by atoms with Gasteiger partial charge in [0.05, 0.1) is 11.3 Å². The summed E-state index contributed by atoms with van der Waals surface area (Å²) in [6.07, 6.45) is 0.302. The first-order valence-corrected chi connectivity index (χ1v) is 8.48. The van der Waals surface area contributed by atoms with Gasteiger partial charge in [-0.15, -0.1) is 0 Å². The van der Waals surface area contributed by atoms with E-state index in [0.717, 1.165) is 11.6 Å². The van der Waals surface area contributed by atoms with Crippen molar-refractivity contribution >= 4 is 34.9 Å². The largest absolute Gasteiger partial charge is 0.480 e. The third kappa shape index (κ3) is 6.36. The van der Waals surface area contributed by atoms with Crippen LogP contribution < -0.4 is 10.6 Å². The van der Waals surface area contributed by atoms with Crippen molar-refractivity contribution in [3.05, 3.63) is 69.2 Å². The van der Waals surface area contributed by atoms with Gasteiger partial charge in [-0.05, 0) is 30.7 Å². The van der Waals surface area contributed by atoms with Crippen molar-refractivity contribution in [2.45, 2.75) is 18.9 Å². The zero-order chi connectivity index (χ0) is 19.8. The van der Waals surface area contributed by atoms with Crippen molar-refractivity contribution in [3.8, 4) is 0 Å². The Hall–Kier alpha value is -2.97. The van der Waals surface area contributed by atoms with E-state index in [-0.39, 0.29) is 22.8 Å².